The molecule has 0 aliphatic heterocycles. The molecule has 3 aromatic rings. The van der Waals surface area contributed by atoms with E-state index < -0.39 is 12.1 Å². The van der Waals surface area contributed by atoms with E-state index in [9.17, 15) is 19.5 Å². The lowest BCUT2D eigenvalue weighted by Gasteiger charge is -2.14. The van der Waals surface area contributed by atoms with Crippen molar-refractivity contribution in [1.29, 1.82) is 0 Å². The summed E-state index contributed by atoms with van der Waals surface area (Å²) in [6.07, 6.45) is 0.810. The van der Waals surface area contributed by atoms with E-state index in [1.165, 1.54) is 29.3 Å². The van der Waals surface area contributed by atoms with Crippen LogP contribution >= 0.6 is 0 Å². The van der Waals surface area contributed by atoms with Gasteiger partial charge < -0.3 is 25.6 Å². The van der Waals surface area contributed by atoms with Gasteiger partial charge in [-0.15, -0.1) is 0 Å². The van der Waals surface area contributed by atoms with Crippen molar-refractivity contribution in [2.45, 2.75) is 25.2 Å². The lowest BCUT2D eigenvalue weighted by Crippen LogP contribution is -2.27. The van der Waals surface area contributed by atoms with E-state index in [1.54, 1.807) is 0 Å². The van der Waals surface area contributed by atoms with E-state index in [2.05, 4.69) is 34.9 Å². The van der Waals surface area contributed by atoms with Gasteiger partial charge in [0.05, 0.1) is 0 Å². The third-order valence-electron chi connectivity index (χ3n) is 5.95. The van der Waals surface area contributed by atoms with Gasteiger partial charge in [-0.25, -0.2) is 9.59 Å². The quantitative estimate of drug-likeness (QED) is 0.262. The molecule has 0 heterocycles. The molecule has 0 atom stereocenters. The number of hydrogen-bond acceptors (Lipinski definition) is 5. The van der Waals surface area contributed by atoms with E-state index in [1.807, 2.05) is 24.3 Å². The lowest BCUT2D eigenvalue weighted by atomic mass is 9.98. The van der Waals surface area contributed by atoms with Crippen LogP contribution in [0.4, 0.5) is 10.5 Å². The number of fused-ring (bicyclic) bond motifs is 3. The zero-order valence-corrected chi connectivity index (χ0v) is 19.0. The van der Waals surface area contributed by atoms with Gasteiger partial charge in [-0.05, 0) is 53.3 Å². The summed E-state index contributed by atoms with van der Waals surface area (Å²) in [6.45, 7) is 0.611. The number of aromatic carboxylic acids is 1. The van der Waals surface area contributed by atoms with Crippen molar-refractivity contribution in [1.82, 2.24) is 5.32 Å². The van der Waals surface area contributed by atoms with Crippen molar-refractivity contribution in [2.75, 3.05) is 18.5 Å². The molecule has 3 aromatic carbocycles. The SMILES string of the molecule is O=C(CCCCNC(=O)OCC1c2ccccc2-c2ccccc21)Nc1ccc(O)c(C(=O)O)c1. The maximum absolute atomic E-state index is 12.2. The number of unbranched alkanes of at least 4 members (excludes halogenated alkanes) is 1. The Labute approximate surface area is 202 Å². The average molecular weight is 475 g/mol. The molecule has 0 bridgehead atoms. The van der Waals surface area contributed by atoms with Crippen LogP contribution in [0, 0.1) is 0 Å². The molecule has 180 valence electrons. The molecular weight excluding hydrogens is 448 g/mol. The van der Waals surface area contributed by atoms with Gasteiger partial charge in [0.15, 0.2) is 0 Å². The van der Waals surface area contributed by atoms with Gasteiger partial charge in [0, 0.05) is 24.6 Å². The third kappa shape index (κ3) is 5.60. The van der Waals surface area contributed by atoms with Crippen LogP contribution in [0.15, 0.2) is 66.7 Å². The summed E-state index contributed by atoms with van der Waals surface area (Å²) in [6, 6.07) is 20.1. The molecule has 0 saturated carbocycles. The van der Waals surface area contributed by atoms with Crippen molar-refractivity contribution < 1.29 is 29.3 Å². The van der Waals surface area contributed by atoms with Crippen LogP contribution in [0.2, 0.25) is 0 Å². The minimum atomic E-state index is -1.28. The Bertz CT molecular complexity index is 1210. The second kappa shape index (κ2) is 10.7. The fraction of sp³-hybridized carbons (Fsp3) is 0.222. The third-order valence-corrected chi connectivity index (χ3v) is 5.95. The maximum Gasteiger partial charge on any atom is 0.407 e. The highest BCUT2D eigenvalue weighted by molar-refractivity contribution is 5.95. The molecule has 0 saturated heterocycles. The first kappa shape index (κ1) is 23.8. The standard InChI is InChI=1S/C27H26N2O6/c30-24-13-12-17(15-22(24)26(32)33)29-25(31)11-5-6-14-28-27(34)35-16-23-20-9-3-1-7-18(20)19-8-2-4-10-21(19)23/h1-4,7-10,12-13,15,23,30H,5-6,11,14,16H2,(H,28,34)(H,29,31)(H,32,33). The molecule has 0 spiro atoms. The second-order valence-corrected chi connectivity index (χ2v) is 8.29. The van der Waals surface area contributed by atoms with Gasteiger partial charge in [0.1, 0.15) is 17.9 Å². The predicted molar refractivity (Wildman–Crippen MR) is 131 cm³/mol. The minimum Gasteiger partial charge on any atom is -0.507 e. The van der Waals surface area contributed by atoms with Gasteiger partial charge in [-0.1, -0.05) is 48.5 Å². The number of aromatic hydroxyl groups is 1. The first-order valence-electron chi connectivity index (χ1n) is 11.4. The molecule has 1 aliphatic carbocycles. The zero-order valence-electron chi connectivity index (χ0n) is 19.0. The largest absolute Gasteiger partial charge is 0.507 e. The highest BCUT2D eigenvalue weighted by atomic mass is 16.5. The highest BCUT2D eigenvalue weighted by Crippen LogP contribution is 2.44. The maximum atomic E-state index is 12.2. The molecule has 35 heavy (non-hydrogen) atoms. The number of carboxylic acid groups (broad SMARTS) is 1. The van der Waals surface area contributed by atoms with Crippen LogP contribution in [0.3, 0.4) is 0 Å². The van der Waals surface area contributed by atoms with Crippen molar-refractivity contribution in [3.8, 4) is 16.9 Å². The average Bonchev–Trinajstić information content (AvgIpc) is 3.17. The number of ether oxygens (including phenoxy) is 1. The van der Waals surface area contributed by atoms with Crippen molar-refractivity contribution in [2.24, 2.45) is 0 Å². The monoisotopic (exact) mass is 474 g/mol. The van der Waals surface area contributed by atoms with Crippen LogP contribution in [0.1, 0.15) is 46.7 Å². The lowest BCUT2D eigenvalue weighted by molar-refractivity contribution is -0.116. The number of benzene rings is 3. The summed E-state index contributed by atoms with van der Waals surface area (Å²) in [4.78, 5) is 35.4. The number of hydrogen-bond donors (Lipinski definition) is 4. The predicted octanol–water partition coefficient (Wildman–Crippen LogP) is 4.74. The van der Waals surface area contributed by atoms with E-state index in [-0.39, 0.29) is 36.2 Å². The first-order valence-corrected chi connectivity index (χ1v) is 11.4. The van der Waals surface area contributed by atoms with E-state index in [0.717, 1.165) is 11.1 Å². The number of rotatable bonds is 9. The Kier molecular flexibility index (Phi) is 7.30. The molecule has 4 N–H and O–H groups in total. The van der Waals surface area contributed by atoms with Gasteiger partial charge in [0.25, 0.3) is 0 Å². The van der Waals surface area contributed by atoms with Crippen LogP contribution in [-0.4, -0.2) is 41.3 Å². The number of carboxylic acids is 1. The summed E-state index contributed by atoms with van der Waals surface area (Å²) in [5.74, 6) is -1.93. The Morgan fingerprint density at radius 2 is 1.54 bits per heavy atom. The number of amides is 2. The highest BCUT2D eigenvalue weighted by Gasteiger charge is 2.28. The van der Waals surface area contributed by atoms with Crippen molar-refractivity contribution in [3.63, 3.8) is 0 Å². The van der Waals surface area contributed by atoms with Crippen LogP contribution in [-0.2, 0) is 9.53 Å². The van der Waals surface area contributed by atoms with Crippen molar-refractivity contribution in [3.05, 3.63) is 83.4 Å². The molecule has 0 aromatic heterocycles. The molecule has 8 heteroatoms. The van der Waals surface area contributed by atoms with Crippen molar-refractivity contribution >= 4 is 23.7 Å². The molecule has 8 nitrogen and oxygen atoms in total. The normalized spacial score (nSPS) is 11.9. The molecule has 2 amide bonds. The summed E-state index contributed by atoms with van der Waals surface area (Å²) >= 11 is 0. The number of nitrogens with one attached hydrogen (secondary N) is 2. The van der Waals surface area contributed by atoms with Crippen LogP contribution < -0.4 is 10.6 Å². The van der Waals surface area contributed by atoms with Gasteiger partial charge in [0.2, 0.25) is 5.91 Å². The minimum absolute atomic E-state index is 0.00149. The number of alkyl carbamates (subject to hydrolysis) is 1. The van der Waals surface area contributed by atoms with Gasteiger partial charge >= 0.3 is 12.1 Å². The number of anilines is 1. The first-order chi connectivity index (χ1) is 16.9. The Morgan fingerprint density at radius 1 is 0.886 bits per heavy atom. The molecule has 1 aliphatic rings. The van der Waals surface area contributed by atoms with Crippen LogP contribution in [0.25, 0.3) is 11.1 Å². The Hall–Kier alpha value is -4.33. The molecule has 4 rings (SSSR count). The number of carbonyl (C=O) groups is 3. The molecule has 0 radical (unpaired) electrons. The summed E-state index contributed by atoms with van der Waals surface area (Å²) in [7, 11) is 0. The Morgan fingerprint density at radius 3 is 2.20 bits per heavy atom. The van der Waals surface area contributed by atoms with Crippen LogP contribution in [0.5, 0.6) is 5.75 Å². The summed E-state index contributed by atoms with van der Waals surface area (Å²) in [5.41, 5.74) is 4.65. The van der Waals surface area contributed by atoms with E-state index in [0.29, 0.717) is 25.1 Å². The van der Waals surface area contributed by atoms with E-state index >= 15 is 0 Å². The fourth-order valence-electron chi connectivity index (χ4n) is 4.26. The Balaban J connectivity index is 1.17. The summed E-state index contributed by atoms with van der Waals surface area (Å²) in [5, 5.41) is 23.9. The zero-order chi connectivity index (χ0) is 24.8. The molecule has 0 fully saturated rings. The molecular formula is C27H26N2O6. The number of phenols is 1. The fourth-order valence-corrected chi connectivity index (χ4v) is 4.26. The molecule has 0 unspecified atom stereocenters. The van der Waals surface area contributed by atoms with E-state index in [4.69, 9.17) is 9.84 Å². The van der Waals surface area contributed by atoms with Gasteiger partial charge in [-0.3, -0.25) is 4.79 Å². The second-order valence-electron chi connectivity index (χ2n) is 8.29. The smallest absolute Gasteiger partial charge is 0.407 e. The number of carbonyl (C=O) groups excluding carboxylic acids is 2. The topological polar surface area (TPSA) is 125 Å². The summed E-state index contributed by atoms with van der Waals surface area (Å²) < 4.78 is 5.49. The van der Waals surface area contributed by atoms with Gasteiger partial charge in [-0.2, -0.15) is 0 Å².